The van der Waals surface area contributed by atoms with Gasteiger partial charge in [0.1, 0.15) is 0 Å². The Bertz CT molecular complexity index is 284. The molecule has 15 heavy (non-hydrogen) atoms. The fraction of sp³-hybridized carbons (Fsp3) is 0.600. The summed E-state index contributed by atoms with van der Waals surface area (Å²) in [6.45, 7) is 3.37. The maximum Gasteiger partial charge on any atom is 0.221 e. The molecule has 0 saturated carbocycles. The van der Waals surface area contributed by atoms with E-state index in [0.29, 0.717) is 25.6 Å². The number of hydrogen-bond donors (Lipinski definition) is 2. The van der Waals surface area contributed by atoms with Gasteiger partial charge in [-0.3, -0.25) is 4.79 Å². The third-order valence-electron chi connectivity index (χ3n) is 2.25. The molecule has 0 saturated heterocycles. The van der Waals surface area contributed by atoms with Crippen LogP contribution in [-0.4, -0.2) is 35.1 Å². The van der Waals surface area contributed by atoms with Crippen LogP contribution in [0.5, 0.6) is 0 Å². The summed E-state index contributed by atoms with van der Waals surface area (Å²) in [5.74, 6) is 0.0748. The summed E-state index contributed by atoms with van der Waals surface area (Å²) in [6.07, 6.45) is 5.76. The molecule has 5 heteroatoms. The third kappa shape index (κ3) is 4.60. The number of likely N-dealkylation sites (N-methyl/N-ethyl adjacent to an activating group) is 1. The molecular weight excluding hydrogens is 192 g/mol. The van der Waals surface area contributed by atoms with Crippen LogP contribution < -0.4 is 10.6 Å². The molecule has 0 aromatic carbocycles. The smallest absolute Gasteiger partial charge is 0.221 e. The number of aryl methyl sites for hydroxylation is 1. The van der Waals surface area contributed by atoms with Crippen LogP contribution in [0, 0.1) is 0 Å². The van der Waals surface area contributed by atoms with Crippen LogP contribution in [0.1, 0.15) is 13.3 Å². The van der Waals surface area contributed by atoms with Crippen molar-refractivity contribution in [2.45, 2.75) is 25.9 Å². The van der Waals surface area contributed by atoms with Crippen LogP contribution in [-0.2, 0) is 11.3 Å². The van der Waals surface area contributed by atoms with Crippen LogP contribution >= 0.6 is 0 Å². The average Bonchev–Trinajstić information content (AvgIpc) is 2.75. The molecule has 0 aliphatic heterocycles. The Morgan fingerprint density at radius 3 is 3.00 bits per heavy atom. The minimum atomic E-state index is 0.0748. The van der Waals surface area contributed by atoms with Crippen molar-refractivity contribution in [1.29, 1.82) is 0 Å². The predicted octanol–water partition coefficient (Wildman–Crippen LogP) is -0.00270. The van der Waals surface area contributed by atoms with Crippen molar-refractivity contribution >= 4 is 5.91 Å². The Kier molecular flexibility index (Phi) is 4.83. The van der Waals surface area contributed by atoms with Gasteiger partial charge in [-0.25, -0.2) is 4.98 Å². The highest BCUT2D eigenvalue weighted by Gasteiger charge is 2.03. The number of hydrogen-bond acceptors (Lipinski definition) is 3. The van der Waals surface area contributed by atoms with Gasteiger partial charge in [-0.05, 0) is 14.0 Å². The van der Waals surface area contributed by atoms with Crippen LogP contribution in [0.15, 0.2) is 18.7 Å². The van der Waals surface area contributed by atoms with Crippen LogP contribution in [0.4, 0.5) is 0 Å². The first kappa shape index (κ1) is 11.7. The van der Waals surface area contributed by atoms with E-state index in [4.69, 9.17) is 0 Å². The lowest BCUT2D eigenvalue weighted by Crippen LogP contribution is -2.37. The SMILES string of the molecule is CNC(C)CNC(=O)CCn1ccnc1. The quantitative estimate of drug-likeness (QED) is 0.694. The molecule has 1 atom stereocenters. The van der Waals surface area contributed by atoms with Gasteiger partial charge in [0, 0.05) is 37.9 Å². The van der Waals surface area contributed by atoms with Gasteiger partial charge in [-0.2, -0.15) is 0 Å². The van der Waals surface area contributed by atoms with Crippen LogP contribution in [0.3, 0.4) is 0 Å². The molecule has 5 nitrogen and oxygen atoms in total. The van der Waals surface area contributed by atoms with Crippen molar-refractivity contribution in [2.24, 2.45) is 0 Å². The highest BCUT2D eigenvalue weighted by atomic mass is 16.1. The van der Waals surface area contributed by atoms with Crippen molar-refractivity contribution in [1.82, 2.24) is 20.2 Å². The third-order valence-corrected chi connectivity index (χ3v) is 2.25. The Labute approximate surface area is 89.9 Å². The van der Waals surface area contributed by atoms with Crippen molar-refractivity contribution in [3.8, 4) is 0 Å². The first-order chi connectivity index (χ1) is 7.22. The van der Waals surface area contributed by atoms with Crippen molar-refractivity contribution in [2.75, 3.05) is 13.6 Å². The second-order valence-electron chi connectivity index (χ2n) is 3.54. The molecule has 0 aliphatic rings. The number of carbonyl (C=O) groups excluding carboxylic acids is 1. The number of rotatable bonds is 6. The molecule has 0 radical (unpaired) electrons. The Balaban J connectivity index is 2.14. The first-order valence-corrected chi connectivity index (χ1v) is 5.12. The summed E-state index contributed by atoms with van der Waals surface area (Å²) in [5, 5.41) is 5.92. The molecule has 1 heterocycles. The summed E-state index contributed by atoms with van der Waals surface area (Å²) >= 11 is 0. The van der Waals surface area contributed by atoms with E-state index in [1.807, 2.05) is 24.7 Å². The van der Waals surface area contributed by atoms with Gasteiger partial charge in [-0.1, -0.05) is 0 Å². The standard InChI is InChI=1S/C10H18N4O/c1-9(11-2)7-13-10(15)3-5-14-6-4-12-8-14/h4,6,8-9,11H,3,5,7H2,1-2H3,(H,13,15). The normalized spacial score (nSPS) is 12.4. The zero-order chi connectivity index (χ0) is 11.1. The number of aromatic nitrogens is 2. The minimum Gasteiger partial charge on any atom is -0.354 e. The first-order valence-electron chi connectivity index (χ1n) is 5.12. The number of nitrogens with one attached hydrogen (secondary N) is 2. The summed E-state index contributed by atoms with van der Waals surface area (Å²) in [6, 6.07) is 0.308. The van der Waals surface area contributed by atoms with Gasteiger partial charge >= 0.3 is 0 Å². The largest absolute Gasteiger partial charge is 0.354 e. The second kappa shape index (κ2) is 6.19. The van der Waals surface area contributed by atoms with E-state index in [0.717, 1.165) is 0 Å². The topological polar surface area (TPSA) is 58.9 Å². The van der Waals surface area contributed by atoms with E-state index < -0.39 is 0 Å². The van der Waals surface area contributed by atoms with Gasteiger partial charge in [0.25, 0.3) is 0 Å². The van der Waals surface area contributed by atoms with Gasteiger partial charge in [-0.15, -0.1) is 0 Å². The van der Waals surface area contributed by atoms with Crippen LogP contribution in [0.25, 0.3) is 0 Å². The van der Waals surface area contributed by atoms with E-state index >= 15 is 0 Å². The molecule has 1 aromatic rings. The molecule has 1 rings (SSSR count). The molecule has 1 amide bonds. The van der Waals surface area contributed by atoms with Gasteiger partial charge in [0.2, 0.25) is 5.91 Å². The van der Waals surface area contributed by atoms with Gasteiger partial charge in [0.15, 0.2) is 0 Å². The minimum absolute atomic E-state index is 0.0748. The number of nitrogens with zero attached hydrogens (tertiary/aromatic N) is 2. The lowest BCUT2D eigenvalue weighted by atomic mass is 10.3. The van der Waals surface area contributed by atoms with E-state index in [1.54, 1.807) is 12.5 Å². The lowest BCUT2D eigenvalue weighted by Gasteiger charge is -2.11. The highest BCUT2D eigenvalue weighted by Crippen LogP contribution is 1.90. The molecule has 84 valence electrons. The van der Waals surface area contributed by atoms with Crippen molar-refractivity contribution < 1.29 is 4.79 Å². The zero-order valence-electron chi connectivity index (χ0n) is 9.23. The second-order valence-corrected chi connectivity index (χ2v) is 3.54. The Morgan fingerprint density at radius 1 is 1.60 bits per heavy atom. The van der Waals surface area contributed by atoms with Gasteiger partial charge in [0.05, 0.1) is 6.33 Å². The number of imidazole rings is 1. The molecule has 0 aliphatic carbocycles. The van der Waals surface area contributed by atoms with Crippen LogP contribution in [0.2, 0.25) is 0 Å². The molecule has 0 spiro atoms. The Hall–Kier alpha value is -1.36. The van der Waals surface area contributed by atoms with E-state index in [2.05, 4.69) is 15.6 Å². The Morgan fingerprint density at radius 2 is 2.40 bits per heavy atom. The monoisotopic (exact) mass is 210 g/mol. The fourth-order valence-electron chi connectivity index (χ4n) is 1.11. The number of carbonyl (C=O) groups is 1. The molecule has 2 N–H and O–H groups in total. The molecule has 1 aromatic heterocycles. The summed E-state index contributed by atoms with van der Waals surface area (Å²) in [4.78, 5) is 15.3. The predicted molar refractivity (Wildman–Crippen MR) is 58.4 cm³/mol. The van der Waals surface area contributed by atoms with E-state index in [9.17, 15) is 4.79 Å². The van der Waals surface area contributed by atoms with Crippen molar-refractivity contribution in [3.05, 3.63) is 18.7 Å². The summed E-state index contributed by atoms with van der Waals surface area (Å²) in [7, 11) is 1.88. The molecule has 1 unspecified atom stereocenters. The molecule has 0 fully saturated rings. The number of amides is 1. The van der Waals surface area contributed by atoms with E-state index in [1.165, 1.54) is 0 Å². The maximum atomic E-state index is 11.4. The summed E-state index contributed by atoms with van der Waals surface area (Å²) in [5.41, 5.74) is 0. The summed E-state index contributed by atoms with van der Waals surface area (Å²) < 4.78 is 1.89. The zero-order valence-corrected chi connectivity index (χ0v) is 9.23. The highest BCUT2D eigenvalue weighted by molar-refractivity contribution is 5.75. The lowest BCUT2D eigenvalue weighted by molar-refractivity contribution is -0.121. The molecule has 0 bridgehead atoms. The maximum absolute atomic E-state index is 11.4. The molecular formula is C10H18N4O. The van der Waals surface area contributed by atoms with Gasteiger partial charge < -0.3 is 15.2 Å². The van der Waals surface area contributed by atoms with Crippen molar-refractivity contribution in [3.63, 3.8) is 0 Å². The average molecular weight is 210 g/mol. The fourth-order valence-corrected chi connectivity index (χ4v) is 1.11. The van der Waals surface area contributed by atoms with E-state index in [-0.39, 0.29) is 5.91 Å².